The van der Waals surface area contributed by atoms with Crippen LogP contribution in [0.15, 0.2) is 42.6 Å². The minimum Gasteiger partial charge on any atom is -0.481 e. The monoisotopic (exact) mass is 276 g/mol. The summed E-state index contributed by atoms with van der Waals surface area (Å²) in [5, 5.41) is 11.9. The summed E-state index contributed by atoms with van der Waals surface area (Å²) >= 11 is 0. The Balaban J connectivity index is 2.27. The molecule has 1 atom stereocenters. The molecule has 0 spiro atoms. The van der Waals surface area contributed by atoms with Crippen molar-refractivity contribution in [3.05, 3.63) is 54.0 Å². The molecule has 2 N–H and O–H groups in total. The van der Waals surface area contributed by atoms with Crippen LogP contribution in [0, 0.1) is 5.82 Å². The topological polar surface area (TPSA) is 71.5 Å². The van der Waals surface area contributed by atoms with E-state index in [-0.39, 0.29) is 5.69 Å². The number of carbonyl (C=O) groups is 1. The number of nitrogens with zero attached hydrogens (tertiary/aromatic N) is 1. The maximum Gasteiger partial charge on any atom is 0.330 e. The van der Waals surface area contributed by atoms with Crippen LogP contribution in [0.2, 0.25) is 0 Å². The van der Waals surface area contributed by atoms with Crippen LogP contribution in [0.4, 0.5) is 10.1 Å². The minimum atomic E-state index is -1.12. The van der Waals surface area contributed by atoms with Crippen molar-refractivity contribution in [1.29, 1.82) is 0 Å². The number of halogens is 1. The number of anilines is 1. The third kappa shape index (κ3) is 3.03. The third-order valence-corrected chi connectivity index (χ3v) is 2.72. The molecular weight excluding hydrogens is 263 g/mol. The summed E-state index contributed by atoms with van der Waals surface area (Å²) in [7, 11) is 1.47. The molecule has 104 valence electrons. The summed E-state index contributed by atoms with van der Waals surface area (Å²) in [6.07, 6.45) is 1.38. The second-order valence-corrected chi connectivity index (χ2v) is 4.03. The van der Waals surface area contributed by atoms with Gasteiger partial charge >= 0.3 is 5.97 Å². The minimum absolute atomic E-state index is 0.121. The number of carboxylic acids is 1. The van der Waals surface area contributed by atoms with Crippen LogP contribution in [0.5, 0.6) is 5.88 Å². The molecule has 5 nitrogen and oxygen atoms in total. The lowest BCUT2D eigenvalue weighted by atomic mass is 10.1. The molecule has 6 heteroatoms. The molecule has 1 aromatic heterocycles. The Morgan fingerprint density at radius 1 is 1.35 bits per heavy atom. The number of aromatic nitrogens is 1. The van der Waals surface area contributed by atoms with Crippen molar-refractivity contribution in [1.82, 2.24) is 4.98 Å². The van der Waals surface area contributed by atoms with E-state index in [0.29, 0.717) is 11.4 Å². The highest BCUT2D eigenvalue weighted by Crippen LogP contribution is 2.22. The van der Waals surface area contributed by atoms with Crippen molar-refractivity contribution >= 4 is 11.7 Å². The van der Waals surface area contributed by atoms with Gasteiger partial charge < -0.3 is 15.2 Å². The number of carboxylic acid groups (broad SMARTS) is 1. The van der Waals surface area contributed by atoms with Gasteiger partial charge in [-0.2, -0.15) is 0 Å². The van der Waals surface area contributed by atoms with E-state index in [4.69, 9.17) is 4.74 Å². The first kappa shape index (κ1) is 13.8. The van der Waals surface area contributed by atoms with E-state index in [0.717, 1.165) is 0 Å². The molecule has 1 aromatic carbocycles. The average Bonchev–Trinajstić information content (AvgIpc) is 2.46. The summed E-state index contributed by atoms with van der Waals surface area (Å²) in [5.41, 5.74) is 0.525. The summed E-state index contributed by atoms with van der Waals surface area (Å²) in [5.74, 6) is -1.26. The SMILES string of the molecule is COc1ccc(C(Nc2ccccc2F)C(=O)O)cn1. The number of pyridine rings is 1. The molecule has 2 rings (SSSR count). The Morgan fingerprint density at radius 2 is 2.10 bits per heavy atom. The van der Waals surface area contributed by atoms with E-state index in [9.17, 15) is 14.3 Å². The van der Waals surface area contributed by atoms with Crippen LogP contribution in [0.1, 0.15) is 11.6 Å². The number of methoxy groups -OCH3 is 1. The summed E-state index contributed by atoms with van der Waals surface area (Å²) in [6.45, 7) is 0. The van der Waals surface area contributed by atoms with E-state index < -0.39 is 17.8 Å². The molecule has 0 aliphatic heterocycles. The van der Waals surface area contributed by atoms with Crippen LogP contribution in [-0.2, 0) is 4.79 Å². The summed E-state index contributed by atoms with van der Waals surface area (Å²) in [6, 6.07) is 7.91. The molecule has 0 fully saturated rings. The predicted octanol–water partition coefficient (Wildman–Crippen LogP) is 2.47. The number of hydrogen-bond acceptors (Lipinski definition) is 4. The maximum atomic E-state index is 13.6. The lowest BCUT2D eigenvalue weighted by molar-refractivity contribution is -0.138. The zero-order chi connectivity index (χ0) is 14.5. The lowest BCUT2D eigenvalue weighted by Crippen LogP contribution is -2.21. The molecule has 0 saturated carbocycles. The molecule has 0 radical (unpaired) electrons. The van der Waals surface area contributed by atoms with Crippen molar-refractivity contribution in [2.45, 2.75) is 6.04 Å². The molecule has 0 aliphatic rings. The number of ether oxygens (including phenoxy) is 1. The molecule has 0 bridgehead atoms. The molecular formula is C14H13FN2O3. The lowest BCUT2D eigenvalue weighted by Gasteiger charge is -2.16. The molecule has 1 heterocycles. The van der Waals surface area contributed by atoms with E-state index in [2.05, 4.69) is 10.3 Å². The van der Waals surface area contributed by atoms with E-state index in [1.165, 1.54) is 31.5 Å². The number of nitrogens with one attached hydrogen (secondary N) is 1. The van der Waals surface area contributed by atoms with Gasteiger partial charge in [-0.15, -0.1) is 0 Å². The van der Waals surface area contributed by atoms with Crippen molar-refractivity contribution in [3.8, 4) is 5.88 Å². The normalized spacial score (nSPS) is 11.7. The molecule has 1 unspecified atom stereocenters. The van der Waals surface area contributed by atoms with Crippen molar-refractivity contribution in [3.63, 3.8) is 0 Å². The Kier molecular flexibility index (Phi) is 4.14. The van der Waals surface area contributed by atoms with E-state index >= 15 is 0 Å². The standard InChI is InChI=1S/C14H13FN2O3/c1-20-12-7-6-9(8-16-12)13(14(18)19)17-11-5-3-2-4-10(11)15/h2-8,13,17H,1H3,(H,18,19). The van der Waals surface area contributed by atoms with Gasteiger partial charge in [-0.3, -0.25) is 0 Å². The molecule has 0 amide bonds. The highest BCUT2D eigenvalue weighted by molar-refractivity contribution is 5.79. The van der Waals surface area contributed by atoms with E-state index in [1.54, 1.807) is 18.2 Å². The number of hydrogen-bond donors (Lipinski definition) is 2. The number of aliphatic carboxylic acids is 1. The van der Waals surface area contributed by atoms with Gasteiger partial charge in [0, 0.05) is 17.8 Å². The number of para-hydroxylation sites is 1. The smallest absolute Gasteiger partial charge is 0.330 e. The second kappa shape index (κ2) is 6.01. The van der Waals surface area contributed by atoms with Crippen LogP contribution in [-0.4, -0.2) is 23.2 Å². The van der Waals surface area contributed by atoms with Gasteiger partial charge in [0.15, 0.2) is 6.04 Å². The Bertz CT molecular complexity index is 602. The number of rotatable bonds is 5. The molecule has 20 heavy (non-hydrogen) atoms. The first-order valence-electron chi connectivity index (χ1n) is 5.85. The van der Waals surface area contributed by atoms with Crippen molar-refractivity contribution in [2.24, 2.45) is 0 Å². The highest BCUT2D eigenvalue weighted by Gasteiger charge is 2.21. The fraction of sp³-hybridized carbons (Fsp3) is 0.143. The van der Waals surface area contributed by atoms with Gasteiger partial charge in [-0.25, -0.2) is 14.2 Å². The molecule has 0 saturated heterocycles. The van der Waals surface area contributed by atoms with Crippen LogP contribution in [0.3, 0.4) is 0 Å². The van der Waals surface area contributed by atoms with Crippen molar-refractivity contribution in [2.75, 3.05) is 12.4 Å². The maximum absolute atomic E-state index is 13.6. The van der Waals surface area contributed by atoms with Crippen LogP contribution >= 0.6 is 0 Å². The fourth-order valence-corrected chi connectivity index (χ4v) is 1.70. The van der Waals surface area contributed by atoms with Crippen molar-refractivity contribution < 1.29 is 19.0 Å². The Hall–Kier alpha value is -2.63. The Labute approximate surface area is 115 Å². The second-order valence-electron chi connectivity index (χ2n) is 4.03. The van der Waals surface area contributed by atoms with Gasteiger partial charge in [0.1, 0.15) is 5.82 Å². The average molecular weight is 276 g/mol. The van der Waals surface area contributed by atoms with Crippen LogP contribution in [0.25, 0.3) is 0 Å². The Morgan fingerprint density at radius 3 is 2.65 bits per heavy atom. The first-order chi connectivity index (χ1) is 9.61. The third-order valence-electron chi connectivity index (χ3n) is 2.72. The molecule has 2 aromatic rings. The van der Waals surface area contributed by atoms with Gasteiger partial charge in [0.2, 0.25) is 5.88 Å². The molecule has 0 aliphatic carbocycles. The van der Waals surface area contributed by atoms with Gasteiger partial charge in [0.25, 0.3) is 0 Å². The predicted molar refractivity (Wildman–Crippen MR) is 71.2 cm³/mol. The zero-order valence-electron chi connectivity index (χ0n) is 10.7. The van der Waals surface area contributed by atoms with Gasteiger partial charge in [0.05, 0.1) is 12.8 Å². The van der Waals surface area contributed by atoms with E-state index in [1.807, 2.05) is 0 Å². The van der Waals surface area contributed by atoms with Crippen LogP contribution < -0.4 is 10.1 Å². The largest absolute Gasteiger partial charge is 0.481 e. The number of benzene rings is 1. The van der Waals surface area contributed by atoms with Gasteiger partial charge in [-0.1, -0.05) is 12.1 Å². The van der Waals surface area contributed by atoms with Gasteiger partial charge in [-0.05, 0) is 18.2 Å². The highest BCUT2D eigenvalue weighted by atomic mass is 19.1. The fourth-order valence-electron chi connectivity index (χ4n) is 1.70. The zero-order valence-corrected chi connectivity index (χ0v) is 10.7. The summed E-state index contributed by atoms with van der Waals surface area (Å²) < 4.78 is 18.5. The summed E-state index contributed by atoms with van der Waals surface area (Å²) in [4.78, 5) is 15.3. The first-order valence-corrected chi connectivity index (χ1v) is 5.85. The quantitative estimate of drug-likeness (QED) is 0.877.